The first-order valence-electron chi connectivity index (χ1n) is 18.5. The van der Waals surface area contributed by atoms with Crippen LogP contribution in [-0.2, 0) is 33.8 Å². The van der Waals surface area contributed by atoms with Gasteiger partial charge >= 0.3 is 0 Å². The number of rotatable bonds is 9. The van der Waals surface area contributed by atoms with Crippen molar-refractivity contribution in [2.75, 3.05) is 21.3 Å². The van der Waals surface area contributed by atoms with E-state index < -0.39 is 20.9 Å². The molecule has 13 nitrogen and oxygen atoms in total. The number of hydrogen-bond acceptors (Lipinski definition) is 7. The van der Waals surface area contributed by atoms with E-state index in [4.69, 9.17) is 0 Å². The first-order valence-corrected chi connectivity index (χ1v) is 19.9. The molecule has 0 spiro atoms. The third-order valence-electron chi connectivity index (χ3n) is 10.7. The molecule has 0 saturated heterocycles. The summed E-state index contributed by atoms with van der Waals surface area (Å²) in [7, 11) is -0.498. The number of aromatic nitrogens is 2. The van der Waals surface area contributed by atoms with E-state index in [0.717, 1.165) is 5.56 Å². The van der Waals surface area contributed by atoms with Crippen molar-refractivity contribution in [3.63, 3.8) is 0 Å². The summed E-state index contributed by atoms with van der Waals surface area (Å²) in [5, 5.41) is 11.9. The number of carbonyl (C=O) groups excluding carboxylic acids is 4. The van der Waals surface area contributed by atoms with Crippen molar-refractivity contribution in [2.24, 2.45) is 24.9 Å². The molecule has 14 heteroatoms. The van der Waals surface area contributed by atoms with Crippen LogP contribution in [0.2, 0.25) is 0 Å². The molecule has 3 aliphatic rings. The standard InChI is InChI=1S/C36H36N6O4.C7H8O3S/c1-41-21-3-5-29(23-41)37-31(43)25-7-11-27(12-8-25)39-33(45)35-15-18-36(19-16-35,20-17-35)34(46)40-28-13-9-26(10-14-28)32(44)38-30-6-4-22-42(2)24-30;1-6-2-4-7(5-3-6)11(8,9)10/h3-14,21-24H,15-20H2,1-2H3,(H2-2,37,38,39,40,43,44,45,46);2-5H,1H3,(H,8,9,10)/p+1. The molecule has 2 heterocycles. The Balaban J connectivity index is 0.000000432. The molecule has 4 amide bonds. The van der Waals surface area contributed by atoms with Crippen molar-refractivity contribution >= 4 is 56.5 Å². The predicted molar refractivity (Wildman–Crippen MR) is 213 cm³/mol. The average Bonchev–Trinajstić information content (AvgIpc) is 3.19. The summed E-state index contributed by atoms with van der Waals surface area (Å²) in [6.07, 6.45) is 11.2. The second-order valence-electron chi connectivity index (χ2n) is 14.8. The summed E-state index contributed by atoms with van der Waals surface area (Å²) in [6, 6.07) is 26.9. The molecular weight excluding hydrogens is 745 g/mol. The number of anilines is 4. The Bertz CT molecular complexity index is 2240. The molecule has 0 unspecified atom stereocenters. The molecule has 3 saturated carbocycles. The lowest BCUT2D eigenvalue weighted by Gasteiger charge is -2.51. The van der Waals surface area contributed by atoms with Crippen LogP contribution in [0.5, 0.6) is 0 Å². The number of pyridine rings is 2. The van der Waals surface area contributed by atoms with Crippen LogP contribution in [0.25, 0.3) is 0 Å². The predicted octanol–water partition coefficient (Wildman–Crippen LogP) is 5.66. The second-order valence-corrected chi connectivity index (χ2v) is 16.2. The van der Waals surface area contributed by atoms with Gasteiger partial charge in [0.25, 0.3) is 11.8 Å². The number of benzene rings is 3. The Kier molecular flexibility index (Phi) is 12.0. The minimum Gasteiger partial charge on any atom is -0.744 e. The Morgan fingerprint density at radius 3 is 1.25 bits per heavy atom. The highest BCUT2D eigenvalue weighted by molar-refractivity contribution is 7.85. The molecular formula is C43H45N6O7S+. The SMILES string of the molecule is C[n+]1cccc(NC(=O)c2ccc(NC(=O)C34CCC(C(=O)Nc5ccc(C(=O)Nc6ccc[n+](C)c6)cc5)(CC3)CC4)cc2)c1.Cc1ccc(S(=O)(=O)[O-])cc1. The summed E-state index contributed by atoms with van der Waals surface area (Å²) in [4.78, 5) is 52.1. The fraction of sp³-hybridized carbons (Fsp3) is 0.256. The minimum atomic E-state index is -4.27. The highest BCUT2D eigenvalue weighted by atomic mass is 32.2. The van der Waals surface area contributed by atoms with Gasteiger partial charge in [-0.15, -0.1) is 0 Å². The van der Waals surface area contributed by atoms with E-state index in [-0.39, 0.29) is 28.5 Å². The molecule has 2 bridgehead atoms. The molecule has 0 aliphatic heterocycles. The summed E-state index contributed by atoms with van der Waals surface area (Å²) in [5.74, 6) is -0.520. The maximum Gasteiger partial charge on any atom is 0.255 e. The molecule has 294 valence electrons. The van der Waals surface area contributed by atoms with Crippen LogP contribution in [0, 0.1) is 17.8 Å². The van der Waals surface area contributed by atoms with Gasteiger partial charge in [0.05, 0.1) is 4.90 Å². The molecule has 3 aliphatic carbocycles. The molecule has 2 aromatic heterocycles. The Morgan fingerprint density at radius 2 is 0.912 bits per heavy atom. The fourth-order valence-corrected chi connectivity index (χ4v) is 7.71. The highest BCUT2D eigenvalue weighted by Crippen LogP contribution is 2.57. The van der Waals surface area contributed by atoms with Gasteiger partial charge in [-0.3, -0.25) is 19.2 Å². The van der Waals surface area contributed by atoms with E-state index >= 15 is 0 Å². The fourth-order valence-electron chi connectivity index (χ4n) is 7.24. The monoisotopic (exact) mass is 789 g/mol. The lowest BCUT2D eigenvalue weighted by Crippen LogP contribution is -2.52. The van der Waals surface area contributed by atoms with Gasteiger partial charge in [-0.2, -0.15) is 0 Å². The number of hydrogen-bond donors (Lipinski definition) is 4. The van der Waals surface area contributed by atoms with Gasteiger partial charge in [-0.1, -0.05) is 17.7 Å². The van der Waals surface area contributed by atoms with E-state index in [1.165, 1.54) is 12.1 Å². The molecule has 0 radical (unpaired) electrons. The van der Waals surface area contributed by atoms with Crippen LogP contribution >= 0.6 is 0 Å². The maximum atomic E-state index is 13.5. The minimum absolute atomic E-state index is 0.0340. The third-order valence-corrected chi connectivity index (χ3v) is 11.6. The molecule has 5 aromatic rings. The Labute approximate surface area is 331 Å². The van der Waals surface area contributed by atoms with Gasteiger partial charge in [0.15, 0.2) is 24.8 Å². The highest BCUT2D eigenvalue weighted by Gasteiger charge is 2.55. The van der Waals surface area contributed by atoms with Crippen LogP contribution in [0.4, 0.5) is 22.7 Å². The number of aryl methyl sites for hydroxylation is 3. The van der Waals surface area contributed by atoms with Gasteiger partial charge in [0.2, 0.25) is 11.8 Å². The summed E-state index contributed by atoms with van der Waals surface area (Å²) < 4.78 is 34.9. The summed E-state index contributed by atoms with van der Waals surface area (Å²) >= 11 is 0. The maximum absolute atomic E-state index is 13.5. The summed E-state index contributed by atoms with van der Waals surface area (Å²) in [5.41, 5.74) is 3.56. The zero-order chi connectivity index (χ0) is 40.8. The van der Waals surface area contributed by atoms with Gasteiger partial charge in [-0.25, -0.2) is 17.6 Å². The Hall–Kier alpha value is -6.25. The first-order chi connectivity index (χ1) is 27.1. The van der Waals surface area contributed by atoms with Gasteiger partial charge in [0, 0.05) is 45.5 Å². The smallest absolute Gasteiger partial charge is 0.255 e. The van der Waals surface area contributed by atoms with Crippen LogP contribution in [0.1, 0.15) is 64.8 Å². The van der Waals surface area contributed by atoms with Gasteiger partial charge in [0.1, 0.15) is 35.6 Å². The topological polar surface area (TPSA) is 181 Å². The van der Waals surface area contributed by atoms with Crippen molar-refractivity contribution in [1.82, 2.24) is 0 Å². The lowest BCUT2D eigenvalue weighted by atomic mass is 9.53. The molecule has 3 fully saturated rings. The van der Waals surface area contributed by atoms with Crippen molar-refractivity contribution in [2.45, 2.75) is 50.3 Å². The van der Waals surface area contributed by atoms with Gasteiger partial charge in [-0.05, 0) is 118 Å². The number of carbonyl (C=O) groups is 4. The van der Waals surface area contributed by atoms with E-state index in [1.54, 1.807) is 60.7 Å². The second kappa shape index (κ2) is 16.9. The zero-order valence-corrected chi connectivity index (χ0v) is 32.8. The molecule has 3 aromatic carbocycles. The zero-order valence-electron chi connectivity index (χ0n) is 32.0. The number of nitrogens with zero attached hydrogens (tertiary/aromatic N) is 2. The lowest BCUT2D eigenvalue weighted by molar-refractivity contribution is -0.670. The van der Waals surface area contributed by atoms with E-state index in [9.17, 15) is 32.1 Å². The van der Waals surface area contributed by atoms with Crippen molar-refractivity contribution in [3.8, 4) is 0 Å². The van der Waals surface area contributed by atoms with E-state index in [1.807, 2.05) is 79.2 Å². The Morgan fingerprint density at radius 1 is 0.544 bits per heavy atom. The van der Waals surface area contributed by atoms with E-state index in [2.05, 4.69) is 21.3 Å². The number of fused-ring (bicyclic) bond motifs is 3. The van der Waals surface area contributed by atoms with Gasteiger partial charge < -0.3 is 25.8 Å². The number of amides is 4. The summed E-state index contributed by atoms with van der Waals surface area (Å²) in [6.45, 7) is 1.82. The van der Waals surface area contributed by atoms with Crippen LogP contribution in [0.15, 0.2) is 127 Å². The van der Waals surface area contributed by atoms with Crippen molar-refractivity contribution in [3.05, 3.63) is 139 Å². The largest absolute Gasteiger partial charge is 0.744 e. The average molecular weight is 790 g/mol. The molecule has 57 heavy (non-hydrogen) atoms. The molecule has 4 N–H and O–H groups in total. The quantitative estimate of drug-likeness (QED) is 0.110. The third kappa shape index (κ3) is 9.95. The van der Waals surface area contributed by atoms with Crippen molar-refractivity contribution in [1.29, 1.82) is 0 Å². The van der Waals surface area contributed by atoms with Crippen molar-refractivity contribution < 1.29 is 41.3 Å². The molecule has 0 atom stereocenters. The molecule has 8 rings (SSSR count). The van der Waals surface area contributed by atoms with Crippen LogP contribution < -0.4 is 30.4 Å². The van der Waals surface area contributed by atoms with Crippen LogP contribution in [-0.4, -0.2) is 36.6 Å². The normalized spacial score (nSPS) is 18.3. The van der Waals surface area contributed by atoms with E-state index in [0.29, 0.717) is 72.4 Å². The number of nitrogens with one attached hydrogen (secondary N) is 4. The first kappa shape index (κ1) is 40.4. The van der Waals surface area contributed by atoms with Crippen LogP contribution in [0.3, 0.4) is 0 Å².